The molecule has 2 aromatic carbocycles. The van der Waals surface area contributed by atoms with E-state index in [4.69, 9.17) is 17.2 Å². The van der Waals surface area contributed by atoms with Gasteiger partial charge in [0, 0.05) is 36.5 Å². The number of nitrogens with two attached hydrogens (primary N) is 3. The molecule has 12 N–H and O–H groups in total. The first-order valence-corrected chi connectivity index (χ1v) is 13.7. The van der Waals surface area contributed by atoms with Gasteiger partial charge in [-0.15, -0.1) is 0 Å². The van der Waals surface area contributed by atoms with E-state index in [9.17, 15) is 29.4 Å². The molecule has 0 fully saturated rings. The average molecular weight is 595 g/mol. The topological polar surface area (TPSA) is 251 Å². The maximum absolute atomic E-state index is 13.4. The summed E-state index contributed by atoms with van der Waals surface area (Å²) >= 11 is 0. The quantitative estimate of drug-likeness (QED) is 0.0629. The van der Waals surface area contributed by atoms with Crippen LogP contribution in [0.25, 0.3) is 10.9 Å². The maximum atomic E-state index is 13.4. The molecular weight excluding hydrogens is 556 g/mol. The van der Waals surface area contributed by atoms with E-state index < -0.39 is 47.9 Å². The van der Waals surface area contributed by atoms with Crippen LogP contribution in [0.1, 0.15) is 30.9 Å². The molecule has 0 aliphatic carbocycles. The van der Waals surface area contributed by atoms with Crippen LogP contribution >= 0.6 is 0 Å². The van der Waals surface area contributed by atoms with Gasteiger partial charge >= 0.3 is 5.97 Å². The number of carboxylic acid groups (broad SMARTS) is 1. The van der Waals surface area contributed by atoms with Gasteiger partial charge in [-0.25, -0.2) is 4.79 Å². The number of hydrogen-bond acceptors (Lipinski definition) is 7. The second kappa shape index (κ2) is 15.2. The van der Waals surface area contributed by atoms with Crippen molar-refractivity contribution in [3.05, 3.63) is 65.9 Å². The van der Waals surface area contributed by atoms with E-state index in [1.54, 1.807) is 18.3 Å². The molecule has 1 aromatic heterocycles. The Balaban J connectivity index is 1.70. The van der Waals surface area contributed by atoms with E-state index in [-0.39, 0.29) is 31.0 Å². The molecule has 0 aliphatic heterocycles. The minimum absolute atomic E-state index is 0.0252. The SMILES string of the molecule is C[C@H](NC(=O)[C@H](Cc1c[nH]c2ccccc12)NC(=O)[C@@H](N)CCCN=C(N)N)C(=O)N[C@@H](Cc1ccc(O)cc1)C(=O)O. The molecule has 0 radical (unpaired) electrons. The van der Waals surface area contributed by atoms with Gasteiger partial charge in [0.25, 0.3) is 0 Å². The van der Waals surface area contributed by atoms with Crippen LogP contribution in [0.2, 0.25) is 0 Å². The molecule has 0 aliphatic rings. The van der Waals surface area contributed by atoms with E-state index >= 15 is 0 Å². The number of amides is 3. The van der Waals surface area contributed by atoms with Crippen molar-refractivity contribution in [3.8, 4) is 5.75 Å². The molecule has 3 aromatic rings. The number of benzene rings is 2. The third kappa shape index (κ3) is 9.74. The summed E-state index contributed by atoms with van der Waals surface area (Å²) in [5.74, 6) is -3.26. The first-order chi connectivity index (χ1) is 20.4. The van der Waals surface area contributed by atoms with Crippen molar-refractivity contribution in [2.45, 2.75) is 56.8 Å². The van der Waals surface area contributed by atoms with Gasteiger partial charge in [0.1, 0.15) is 23.9 Å². The molecule has 14 nitrogen and oxygen atoms in total. The molecule has 0 saturated heterocycles. The molecule has 0 unspecified atom stereocenters. The minimum Gasteiger partial charge on any atom is -0.508 e. The predicted molar refractivity (Wildman–Crippen MR) is 161 cm³/mol. The summed E-state index contributed by atoms with van der Waals surface area (Å²) in [6, 6.07) is 8.94. The lowest BCUT2D eigenvalue weighted by Gasteiger charge is -2.23. The Labute approximate surface area is 248 Å². The summed E-state index contributed by atoms with van der Waals surface area (Å²) in [6.07, 6.45) is 2.50. The fraction of sp³-hybridized carbons (Fsp3) is 0.345. The number of aromatic hydroxyl groups is 1. The number of rotatable bonds is 15. The van der Waals surface area contributed by atoms with Crippen LogP contribution in [0.4, 0.5) is 0 Å². The number of guanidine groups is 1. The Bertz CT molecular complexity index is 1450. The van der Waals surface area contributed by atoms with Gasteiger partial charge in [0.05, 0.1) is 6.04 Å². The number of para-hydroxylation sites is 1. The van der Waals surface area contributed by atoms with E-state index in [1.807, 2.05) is 24.3 Å². The molecule has 1 heterocycles. The number of aliphatic imine (C=N–C) groups is 1. The van der Waals surface area contributed by atoms with Crippen molar-refractivity contribution in [2.75, 3.05) is 6.54 Å². The number of H-pyrrole nitrogens is 1. The van der Waals surface area contributed by atoms with E-state index in [2.05, 4.69) is 25.9 Å². The third-order valence-electron chi connectivity index (χ3n) is 6.78. The highest BCUT2D eigenvalue weighted by molar-refractivity contribution is 5.94. The number of phenolic OH excluding ortho intramolecular Hbond substituents is 1. The Kier molecular flexibility index (Phi) is 11.5. The number of aromatic nitrogens is 1. The number of carbonyl (C=O) groups excluding carboxylic acids is 3. The molecule has 230 valence electrons. The molecule has 4 atom stereocenters. The standard InChI is InChI=1S/C29H38N8O6/c1-16(25(39)37-24(28(42)43)13-17-8-10-19(38)11-9-17)35-27(41)23(14-18-15-34-22-7-3-2-5-20(18)22)36-26(40)21(30)6-4-12-33-29(31)32/h2-3,5,7-11,15-16,21,23-24,34,38H,4,6,12-14,30H2,1H3,(H,35,41)(H,36,40)(H,37,39)(H,42,43)(H4,31,32,33)/t16-,21-,23-,24-/m0/s1. The van der Waals surface area contributed by atoms with Gasteiger partial charge in [0.2, 0.25) is 17.7 Å². The van der Waals surface area contributed by atoms with E-state index in [0.29, 0.717) is 18.5 Å². The highest BCUT2D eigenvalue weighted by Crippen LogP contribution is 2.19. The van der Waals surface area contributed by atoms with Crippen molar-refractivity contribution in [1.82, 2.24) is 20.9 Å². The highest BCUT2D eigenvalue weighted by Gasteiger charge is 2.29. The van der Waals surface area contributed by atoms with E-state index in [1.165, 1.54) is 19.1 Å². The number of phenols is 1. The number of hydrogen-bond donors (Lipinski definition) is 9. The summed E-state index contributed by atoms with van der Waals surface area (Å²) in [5, 5.41) is 27.7. The van der Waals surface area contributed by atoms with Crippen LogP contribution in [0.15, 0.2) is 59.7 Å². The van der Waals surface area contributed by atoms with E-state index in [0.717, 1.165) is 16.5 Å². The highest BCUT2D eigenvalue weighted by atomic mass is 16.4. The number of carboxylic acids is 1. The summed E-state index contributed by atoms with van der Waals surface area (Å²) < 4.78 is 0. The molecule has 43 heavy (non-hydrogen) atoms. The number of fused-ring (bicyclic) bond motifs is 1. The van der Waals surface area contributed by atoms with Crippen molar-refractivity contribution in [2.24, 2.45) is 22.2 Å². The number of aliphatic carboxylic acids is 1. The predicted octanol–water partition coefficient (Wildman–Crippen LogP) is -0.401. The number of carbonyl (C=O) groups is 4. The minimum atomic E-state index is -1.28. The first kappa shape index (κ1) is 32.4. The zero-order valence-electron chi connectivity index (χ0n) is 23.7. The maximum Gasteiger partial charge on any atom is 0.326 e. The van der Waals surface area contributed by atoms with Crippen LogP contribution in [0.3, 0.4) is 0 Å². The zero-order valence-corrected chi connectivity index (χ0v) is 23.7. The van der Waals surface area contributed by atoms with Crippen molar-refractivity contribution in [1.29, 1.82) is 0 Å². The monoisotopic (exact) mass is 594 g/mol. The Morgan fingerprint density at radius 2 is 1.58 bits per heavy atom. The lowest BCUT2D eigenvalue weighted by molar-refractivity contribution is -0.142. The van der Waals surface area contributed by atoms with Gasteiger partial charge in [-0.2, -0.15) is 0 Å². The van der Waals surface area contributed by atoms with Crippen molar-refractivity contribution < 1.29 is 29.4 Å². The Morgan fingerprint density at radius 1 is 0.907 bits per heavy atom. The number of nitrogens with one attached hydrogen (secondary N) is 4. The smallest absolute Gasteiger partial charge is 0.326 e. The largest absolute Gasteiger partial charge is 0.508 e. The van der Waals surface area contributed by atoms with Crippen LogP contribution in [-0.2, 0) is 32.0 Å². The zero-order chi connectivity index (χ0) is 31.5. The summed E-state index contributed by atoms with van der Waals surface area (Å²) in [6.45, 7) is 1.70. The van der Waals surface area contributed by atoms with Gasteiger partial charge < -0.3 is 48.3 Å². The molecule has 0 saturated carbocycles. The second-order valence-electron chi connectivity index (χ2n) is 10.2. The van der Waals surface area contributed by atoms with Gasteiger partial charge in [-0.3, -0.25) is 19.4 Å². The molecule has 0 bridgehead atoms. The van der Waals surface area contributed by atoms with Crippen LogP contribution in [0.5, 0.6) is 5.75 Å². The summed E-state index contributed by atoms with van der Waals surface area (Å²) in [7, 11) is 0. The average Bonchev–Trinajstić information content (AvgIpc) is 3.37. The lowest BCUT2D eigenvalue weighted by Crippen LogP contribution is -2.57. The summed E-state index contributed by atoms with van der Waals surface area (Å²) in [4.78, 5) is 58.1. The molecular formula is C29H38N8O6. The van der Waals surface area contributed by atoms with Gasteiger partial charge in [-0.1, -0.05) is 30.3 Å². The number of nitrogens with zero attached hydrogens (tertiary/aromatic N) is 1. The molecule has 0 spiro atoms. The normalized spacial score (nSPS) is 13.7. The van der Waals surface area contributed by atoms with Gasteiger partial charge in [0.15, 0.2) is 5.96 Å². The third-order valence-corrected chi connectivity index (χ3v) is 6.78. The summed E-state index contributed by atoms with van der Waals surface area (Å²) in [5.41, 5.74) is 18.9. The first-order valence-electron chi connectivity index (χ1n) is 13.7. The Morgan fingerprint density at radius 3 is 2.26 bits per heavy atom. The van der Waals surface area contributed by atoms with Crippen LogP contribution in [-0.4, -0.2) is 75.6 Å². The fourth-order valence-electron chi connectivity index (χ4n) is 4.40. The second-order valence-corrected chi connectivity index (χ2v) is 10.2. The lowest BCUT2D eigenvalue weighted by atomic mass is 10.0. The number of aromatic amines is 1. The molecule has 3 amide bonds. The van der Waals surface area contributed by atoms with Crippen LogP contribution < -0.4 is 33.2 Å². The molecule has 3 rings (SSSR count). The van der Waals surface area contributed by atoms with Crippen molar-refractivity contribution >= 4 is 40.6 Å². The van der Waals surface area contributed by atoms with Crippen LogP contribution in [0, 0.1) is 0 Å². The molecule has 14 heteroatoms. The van der Waals surface area contributed by atoms with Crippen molar-refractivity contribution in [3.63, 3.8) is 0 Å². The van der Waals surface area contributed by atoms with Gasteiger partial charge in [-0.05, 0) is 49.1 Å². The Hall–Kier alpha value is -5.11. The fourth-order valence-corrected chi connectivity index (χ4v) is 4.40.